The molecule has 1 aromatic heterocycles. The van der Waals surface area contributed by atoms with E-state index in [-0.39, 0.29) is 30.1 Å². The number of hydrogen-bond donors (Lipinski definition) is 2. The number of carbonyl (C=O) groups is 2. The molecule has 1 fully saturated rings. The molecule has 7 nitrogen and oxygen atoms in total. The SMILES string of the molecule is O=C(COc1ncc(C(=O)O)cn1)NC1CCCCC1. The lowest BCUT2D eigenvalue weighted by molar-refractivity contribution is -0.124. The highest BCUT2D eigenvalue weighted by molar-refractivity contribution is 5.86. The topological polar surface area (TPSA) is 101 Å². The maximum Gasteiger partial charge on any atom is 0.338 e. The van der Waals surface area contributed by atoms with Gasteiger partial charge in [0.1, 0.15) is 0 Å². The molecule has 1 aliphatic carbocycles. The molecule has 108 valence electrons. The first-order valence-electron chi connectivity index (χ1n) is 6.62. The largest absolute Gasteiger partial charge is 0.478 e. The summed E-state index contributed by atoms with van der Waals surface area (Å²) in [5, 5.41) is 11.6. The molecule has 1 heterocycles. The minimum absolute atomic E-state index is 0.00575. The van der Waals surface area contributed by atoms with Gasteiger partial charge in [0.05, 0.1) is 5.56 Å². The second kappa shape index (κ2) is 6.83. The Hall–Kier alpha value is -2.18. The van der Waals surface area contributed by atoms with E-state index in [1.54, 1.807) is 0 Å². The van der Waals surface area contributed by atoms with E-state index >= 15 is 0 Å². The summed E-state index contributed by atoms with van der Waals surface area (Å²) < 4.78 is 5.12. The van der Waals surface area contributed by atoms with Crippen LogP contribution in [0.25, 0.3) is 0 Å². The normalized spacial score (nSPS) is 15.6. The maximum absolute atomic E-state index is 11.7. The van der Waals surface area contributed by atoms with E-state index in [0.717, 1.165) is 38.1 Å². The number of amides is 1. The number of carboxylic acid groups (broad SMARTS) is 1. The first-order valence-corrected chi connectivity index (χ1v) is 6.62. The highest BCUT2D eigenvalue weighted by Gasteiger charge is 2.16. The van der Waals surface area contributed by atoms with Crippen molar-refractivity contribution >= 4 is 11.9 Å². The molecule has 7 heteroatoms. The van der Waals surface area contributed by atoms with E-state index in [0.29, 0.717) is 0 Å². The van der Waals surface area contributed by atoms with Crippen molar-refractivity contribution in [1.82, 2.24) is 15.3 Å². The van der Waals surface area contributed by atoms with Gasteiger partial charge >= 0.3 is 12.0 Å². The fourth-order valence-corrected chi connectivity index (χ4v) is 2.15. The molecule has 1 aromatic rings. The fraction of sp³-hybridized carbons (Fsp3) is 0.538. The zero-order valence-electron chi connectivity index (χ0n) is 11.0. The maximum atomic E-state index is 11.7. The highest BCUT2D eigenvalue weighted by Crippen LogP contribution is 2.17. The van der Waals surface area contributed by atoms with Gasteiger partial charge in [-0.1, -0.05) is 19.3 Å². The van der Waals surface area contributed by atoms with E-state index in [9.17, 15) is 9.59 Å². The predicted molar refractivity (Wildman–Crippen MR) is 69.5 cm³/mol. The Bertz CT molecular complexity index is 469. The van der Waals surface area contributed by atoms with Gasteiger partial charge in [0.25, 0.3) is 5.91 Å². The molecule has 0 unspecified atom stereocenters. The van der Waals surface area contributed by atoms with Crippen LogP contribution in [-0.4, -0.2) is 39.6 Å². The molecule has 2 rings (SSSR count). The van der Waals surface area contributed by atoms with Crippen LogP contribution in [0.1, 0.15) is 42.5 Å². The molecule has 0 aromatic carbocycles. The number of nitrogens with zero attached hydrogens (tertiary/aromatic N) is 2. The summed E-state index contributed by atoms with van der Waals surface area (Å²) >= 11 is 0. The first kappa shape index (κ1) is 14.2. The summed E-state index contributed by atoms with van der Waals surface area (Å²) in [4.78, 5) is 29.7. The molecule has 1 aliphatic rings. The average molecular weight is 279 g/mol. The Labute approximate surface area is 116 Å². The van der Waals surface area contributed by atoms with E-state index in [4.69, 9.17) is 9.84 Å². The van der Waals surface area contributed by atoms with Crippen molar-refractivity contribution in [3.05, 3.63) is 18.0 Å². The molecule has 1 amide bonds. The molecule has 0 saturated heterocycles. The van der Waals surface area contributed by atoms with Gasteiger partial charge < -0.3 is 15.2 Å². The number of carbonyl (C=O) groups excluding carboxylic acids is 1. The standard InChI is InChI=1S/C13H17N3O4/c17-11(16-10-4-2-1-3-5-10)8-20-13-14-6-9(7-15-13)12(18)19/h6-7,10H,1-5,8H2,(H,16,17)(H,18,19). The summed E-state index contributed by atoms with van der Waals surface area (Å²) in [5.74, 6) is -1.31. The number of aromatic nitrogens is 2. The predicted octanol–water partition coefficient (Wildman–Crippen LogP) is 1.00. The lowest BCUT2D eigenvalue weighted by Crippen LogP contribution is -2.39. The molecule has 0 radical (unpaired) electrons. The Morgan fingerprint density at radius 1 is 1.25 bits per heavy atom. The van der Waals surface area contributed by atoms with Crippen molar-refractivity contribution in [2.45, 2.75) is 38.1 Å². The molecular formula is C13H17N3O4. The van der Waals surface area contributed by atoms with E-state index in [2.05, 4.69) is 15.3 Å². The van der Waals surface area contributed by atoms with Crippen molar-refractivity contribution in [3.63, 3.8) is 0 Å². The molecule has 0 spiro atoms. The summed E-state index contributed by atoms with van der Waals surface area (Å²) in [5.41, 5.74) is -0.0241. The summed E-state index contributed by atoms with van der Waals surface area (Å²) in [6.45, 7) is -0.164. The minimum atomic E-state index is -1.11. The lowest BCUT2D eigenvalue weighted by Gasteiger charge is -2.22. The lowest BCUT2D eigenvalue weighted by atomic mass is 9.95. The molecule has 1 saturated carbocycles. The van der Waals surface area contributed by atoms with Gasteiger partial charge in [-0.2, -0.15) is 0 Å². The molecule has 0 bridgehead atoms. The Balaban J connectivity index is 1.76. The fourth-order valence-electron chi connectivity index (χ4n) is 2.15. The molecular weight excluding hydrogens is 262 g/mol. The van der Waals surface area contributed by atoms with Crippen LogP contribution in [0.5, 0.6) is 6.01 Å². The second-order valence-electron chi connectivity index (χ2n) is 4.75. The number of ether oxygens (including phenoxy) is 1. The molecule has 20 heavy (non-hydrogen) atoms. The number of rotatable bonds is 5. The highest BCUT2D eigenvalue weighted by atomic mass is 16.5. The van der Waals surface area contributed by atoms with Crippen LogP contribution in [0.4, 0.5) is 0 Å². The average Bonchev–Trinajstić information content (AvgIpc) is 2.46. The smallest absolute Gasteiger partial charge is 0.338 e. The van der Waals surface area contributed by atoms with Crippen LogP contribution in [0.15, 0.2) is 12.4 Å². The Morgan fingerprint density at radius 2 is 1.90 bits per heavy atom. The van der Waals surface area contributed by atoms with E-state index < -0.39 is 5.97 Å². The van der Waals surface area contributed by atoms with Gasteiger partial charge in [0.2, 0.25) is 0 Å². The van der Waals surface area contributed by atoms with E-state index in [1.807, 2.05) is 0 Å². The molecule has 0 atom stereocenters. The van der Waals surface area contributed by atoms with Crippen molar-refractivity contribution < 1.29 is 19.4 Å². The van der Waals surface area contributed by atoms with Gasteiger partial charge in [0.15, 0.2) is 6.61 Å². The minimum Gasteiger partial charge on any atom is -0.478 e. The molecule has 0 aliphatic heterocycles. The van der Waals surface area contributed by atoms with Crippen molar-refractivity contribution in [2.24, 2.45) is 0 Å². The zero-order valence-corrected chi connectivity index (χ0v) is 11.0. The Kier molecular flexibility index (Phi) is 4.86. The number of aromatic carboxylic acids is 1. The molecule has 2 N–H and O–H groups in total. The quantitative estimate of drug-likeness (QED) is 0.833. The van der Waals surface area contributed by atoms with Gasteiger partial charge in [-0.05, 0) is 12.8 Å². The summed E-state index contributed by atoms with van der Waals surface area (Å²) in [6, 6.07) is 0.226. The number of carboxylic acids is 1. The van der Waals surface area contributed by atoms with Crippen LogP contribution >= 0.6 is 0 Å². The summed E-state index contributed by atoms with van der Waals surface area (Å²) in [6.07, 6.45) is 7.82. The third-order valence-electron chi connectivity index (χ3n) is 3.18. The monoisotopic (exact) mass is 279 g/mol. The van der Waals surface area contributed by atoms with Crippen molar-refractivity contribution in [1.29, 1.82) is 0 Å². The first-order chi connectivity index (χ1) is 9.65. The van der Waals surface area contributed by atoms with Crippen LogP contribution in [0, 0.1) is 0 Å². The third kappa shape index (κ3) is 4.18. The number of nitrogens with one attached hydrogen (secondary N) is 1. The van der Waals surface area contributed by atoms with Gasteiger partial charge in [-0.3, -0.25) is 4.79 Å². The van der Waals surface area contributed by atoms with Gasteiger partial charge in [-0.15, -0.1) is 0 Å². The van der Waals surface area contributed by atoms with Crippen LogP contribution in [-0.2, 0) is 4.79 Å². The number of hydrogen-bond acceptors (Lipinski definition) is 5. The van der Waals surface area contributed by atoms with Crippen LogP contribution < -0.4 is 10.1 Å². The van der Waals surface area contributed by atoms with Gasteiger partial charge in [0, 0.05) is 18.4 Å². The third-order valence-corrected chi connectivity index (χ3v) is 3.18. The van der Waals surface area contributed by atoms with Crippen molar-refractivity contribution in [2.75, 3.05) is 6.61 Å². The second-order valence-corrected chi connectivity index (χ2v) is 4.75. The summed E-state index contributed by atoms with van der Waals surface area (Å²) in [7, 11) is 0. The van der Waals surface area contributed by atoms with Gasteiger partial charge in [-0.25, -0.2) is 14.8 Å². The Morgan fingerprint density at radius 3 is 2.50 bits per heavy atom. The van der Waals surface area contributed by atoms with Crippen molar-refractivity contribution in [3.8, 4) is 6.01 Å². The van der Waals surface area contributed by atoms with E-state index in [1.165, 1.54) is 6.42 Å². The van der Waals surface area contributed by atoms with Crippen LogP contribution in [0.2, 0.25) is 0 Å². The zero-order chi connectivity index (χ0) is 14.4. The van der Waals surface area contributed by atoms with Crippen LogP contribution in [0.3, 0.4) is 0 Å².